The standard InChI is InChI=1S/C12H13F3N2/c13-12(14,15)11-6-10(3-4-16-11)17-7-8-1-2-9(17)5-8/h3-4,6,8-9H,1-2,5,7H2. The lowest BCUT2D eigenvalue weighted by Crippen LogP contribution is -2.32. The van der Waals surface area contributed by atoms with Gasteiger partial charge in [-0.05, 0) is 37.3 Å². The molecule has 0 N–H and O–H groups in total. The van der Waals surface area contributed by atoms with E-state index in [4.69, 9.17) is 0 Å². The summed E-state index contributed by atoms with van der Waals surface area (Å²) in [7, 11) is 0. The zero-order valence-electron chi connectivity index (χ0n) is 9.24. The molecule has 2 nitrogen and oxygen atoms in total. The van der Waals surface area contributed by atoms with Gasteiger partial charge in [-0.15, -0.1) is 0 Å². The molecule has 3 rings (SSSR count). The minimum atomic E-state index is -4.35. The second-order valence-corrected chi connectivity index (χ2v) is 4.88. The highest BCUT2D eigenvalue weighted by atomic mass is 19.4. The van der Waals surface area contributed by atoms with E-state index >= 15 is 0 Å². The number of rotatable bonds is 1. The van der Waals surface area contributed by atoms with Gasteiger partial charge >= 0.3 is 6.18 Å². The highest BCUT2D eigenvalue weighted by molar-refractivity contribution is 5.50. The minimum Gasteiger partial charge on any atom is -0.368 e. The Morgan fingerprint density at radius 1 is 1.29 bits per heavy atom. The van der Waals surface area contributed by atoms with E-state index in [1.165, 1.54) is 18.7 Å². The van der Waals surface area contributed by atoms with Gasteiger partial charge in [0.05, 0.1) is 0 Å². The molecule has 2 unspecified atom stereocenters. The number of pyridine rings is 1. The van der Waals surface area contributed by atoms with Gasteiger partial charge in [0.25, 0.3) is 0 Å². The molecule has 1 aromatic rings. The number of nitrogens with zero attached hydrogens (tertiary/aromatic N) is 2. The van der Waals surface area contributed by atoms with Crippen LogP contribution in [0.1, 0.15) is 25.0 Å². The average molecular weight is 242 g/mol. The molecule has 1 saturated carbocycles. The normalized spacial score (nSPS) is 27.8. The molecule has 5 heteroatoms. The molecule has 1 aromatic heterocycles. The molecule has 1 aliphatic carbocycles. The summed E-state index contributed by atoms with van der Waals surface area (Å²) in [6, 6.07) is 3.28. The number of piperidine rings is 1. The highest BCUT2D eigenvalue weighted by Gasteiger charge is 2.39. The fraction of sp³-hybridized carbons (Fsp3) is 0.583. The molecule has 1 aliphatic heterocycles. The van der Waals surface area contributed by atoms with Crippen molar-refractivity contribution in [3.63, 3.8) is 0 Å². The van der Waals surface area contributed by atoms with Crippen LogP contribution in [-0.2, 0) is 6.18 Å². The molecule has 0 spiro atoms. The fourth-order valence-electron chi connectivity index (χ4n) is 2.99. The van der Waals surface area contributed by atoms with Crippen molar-refractivity contribution < 1.29 is 13.2 Å². The quantitative estimate of drug-likeness (QED) is 0.752. The van der Waals surface area contributed by atoms with E-state index in [0.29, 0.717) is 17.6 Å². The number of anilines is 1. The number of fused-ring (bicyclic) bond motifs is 2. The van der Waals surface area contributed by atoms with Gasteiger partial charge in [-0.25, -0.2) is 0 Å². The molecule has 2 aliphatic rings. The van der Waals surface area contributed by atoms with Crippen molar-refractivity contribution in [2.75, 3.05) is 11.4 Å². The Morgan fingerprint density at radius 3 is 2.71 bits per heavy atom. The highest BCUT2D eigenvalue weighted by Crippen LogP contribution is 2.41. The van der Waals surface area contributed by atoms with Gasteiger partial charge < -0.3 is 4.90 Å². The Morgan fingerprint density at radius 2 is 2.12 bits per heavy atom. The van der Waals surface area contributed by atoms with Crippen molar-refractivity contribution in [1.82, 2.24) is 4.98 Å². The van der Waals surface area contributed by atoms with Crippen LogP contribution in [0.4, 0.5) is 18.9 Å². The summed E-state index contributed by atoms with van der Waals surface area (Å²) in [5, 5.41) is 0. The maximum absolute atomic E-state index is 12.6. The third-order valence-corrected chi connectivity index (χ3v) is 3.77. The molecule has 2 fully saturated rings. The van der Waals surface area contributed by atoms with Crippen molar-refractivity contribution in [1.29, 1.82) is 0 Å². The largest absolute Gasteiger partial charge is 0.433 e. The van der Waals surface area contributed by atoms with Crippen LogP contribution in [0.3, 0.4) is 0 Å². The lowest BCUT2D eigenvalue weighted by molar-refractivity contribution is -0.141. The first kappa shape index (κ1) is 10.9. The van der Waals surface area contributed by atoms with Crippen molar-refractivity contribution in [3.05, 3.63) is 24.0 Å². The van der Waals surface area contributed by atoms with E-state index in [2.05, 4.69) is 9.88 Å². The van der Waals surface area contributed by atoms with Crippen LogP contribution < -0.4 is 4.90 Å². The summed E-state index contributed by atoms with van der Waals surface area (Å²) < 4.78 is 37.7. The first-order chi connectivity index (χ1) is 8.04. The SMILES string of the molecule is FC(F)(F)c1cc(N2CC3CCC2C3)ccn1. The average Bonchev–Trinajstić information content (AvgIpc) is 2.89. The third-order valence-electron chi connectivity index (χ3n) is 3.77. The van der Waals surface area contributed by atoms with Crippen LogP contribution in [0.25, 0.3) is 0 Å². The van der Waals surface area contributed by atoms with Gasteiger partial charge in [0.15, 0.2) is 0 Å². The fourth-order valence-corrected chi connectivity index (χ4v) is 2.99. The van der Waals surface area contributed by atoms with Crippen LogP contribution in [0.15, 0.2) is 18.3 Å². The maximum Gasteiger partial charge on any atom is 0.433 e. The van der Waals surface area contributed by atoms with Crippen LogP contribution in [-0.4, -0.2) is 17.6 Å². The van der Waals surface area contributed by atoms with Gasteiger partial charge in [0, 0.05) is 24.5 Å². The summed E-state index contributed by atoms with van der Waals surface area (Å²) in [4.78, 5) is 5.49. The number of hydrogen-bond acceptors (Lipinski definition) is 2. The van der Waals surface area contributed by atoms with Crippen molar-refractivity contribution >= 4 is 5.69 Å². The van der Waals surface area contributed by atoms with Gasteiger partial charge in [-0.1, -0.05) is 0 Å². The Bertz CT molecular complexity index is 430. The summed E-state index contributed by atoms with van der Waals surface area (Å²) in [6.45, 7) is 0.895. The van der Waals surface area contributed by atoms with Gasteiger partial charge in [0.1, 0.15) is 5.69 Å². The van der Waals surface area contributed by atoms with Crippen LogP contribution in [0.2, 0.25) is 0 Å². The number of hydrogen-bond donors (Lipinski definition) is 0. The van der Waals surface area contributed by atoms with Gasteiger partial charge in [0.2, 0.25) is 0 Å². The zero-order valence-corrected chi connectivity index (χ0v) is 9.24. The molecule has 92 valence electrons. The van der Waals surface area contributed by atoms with Crippen LogP contribution >= 0.6 is 0 Å². The Hall–Kier alpha value is -1.26. The molecule has 2 bridgehead atoms. The monoisotopic (exact) mass is 242 g/mol. The molecule has 2 heterocycles. The summed E-state index contributed by atoms with van der Waals surface area (Å²) in [6.07, 6.45) is 0.356. The van der Waals surface area contributed by atoms with Crippen molar-refractivity contribution in [2.45, 2.75) is 31.5 Å². The number of alkyl halides is 3. The van der Waals surface area contributed by atoms with E-state index in [-0.39, 0.29) is 0 Å². The van der Waals surface area contributed by atoms with Gasteiger partial charge in [-0.3, -0.25) is 4.98 Å². The molecule has 0 radical (unpaired) electrons. The molecule has 1 saturated heterocycles. The zero-order chi connectivity index (χ0) is 12.0. The second kappa shape index (κ2) is 3.62. The number of halogens is 3. The molecule has 0 amide bonds. The van der Waals surface area contributed by atoms with E-state index < -0.39 is 11.9 Å². The molecule has 0 aromatic carbocycles. The first-order valence-corrected chi connectivity index (χ1v) is 5.84. The Kier molecular flexibility index (Phi) is 2.31. The Balaban J connectivity index is 1.89. The molecular formula is C12H13F3N2. The smallest absolute Gasteiger partial charge is 0.368 e. The lowest BCUT2D eigenvalue weighted by Gasteiger charge is -2.29. The summed E-state index contributed by atoms with van der Waals surface area (Å²) in [5.41, 5.74) is -0.128. The molecule has 2 atom stereocenters. The Labute approximate surface area is 97.5 Å². The summed E-state index contributed by atoms with van der Waals surface area (Å²) >= 11 is 0. The topological polar surface area (TPSA) is 16.1 Å². The van der Waals surface area contributed by atoms with Crippen molar-refractivity contribution in [2.24, 2.45) is 5.92 Å². The third kappa shape index (κ3) is 1.87. The van der Waals surface area contributed by atoms with Crippen LogP contribution in [0, 0.1) is 5.92 Å². The first-order valence-electron chi connectivity index (χ1n) is 5.84. The minimum absolute atomic E-state index is 0.434. The predicted octanol–water partition coefficient (Wildman–Crippen LogP) is 3.09. The maximum atomic E-state index is 12.6. The van der Waals surface area contributed by atoms with Gasteiger partial charge in [-0.2, -0.15) is 13.2 Å². The van der Waals surface area contributed by atoms with E-state index in [1.54, 1.807) is 6.07 Å². The predicted molar refractivity (Wildman–Crippen MR) is 57.7 cm³/mol. The molecule has 17 heavy (non-hydrogen) atoms. The van der Waals surface area contributed by atoms with Crippen molar-refractivity contribution in [3.8, 4) is 0 Å². The van der Waals surface area contributed by atoms with E-state index in [9.17, 15) is 13.2 Å². The van der Waals surface area contributed by atoms with Crippen LogP contribution in [0.5, 0.6) is 0 Å². The van der Waals surface area contributed by atoms with E-state index in [1.807, 2.05) is 0 Å². The lowest BCUT2D eigenvalue weighted by atomic mass is 10.1. The second-order valence-electron chi connectivity index (χ2n) is 4.88. The summed E-state index contributed by atoms with van der Waals surface area (Å²) in [5.74, 6) is 0.669. The van der Waals surface area contributed by atoms with E-state index in [0.717, 1.165) is 19.4 Å². The number of aromatic nitrogens is 1. The molecular weight excluding hydrogens is 229 g/mol.